The number of halogens is 1. The predicted molar refractivity (Wildman–Crippen MR) is 69.6 cm³/mol. The summed E-state index contributed by atoms with van der Waals surface area (Å²) in [5, 5.41) is 10.9. The van der Waals surface area contributed by atoms with E-state index in [1.807, 2.05) is 12.1 Å². The standard InChI is InChI=1S/C14H19ClO2/c1-9(10-3-4-10)13(16)8-11-7-12(15)5-6-14(11)17-2/h5-7,9-10,13,16H,3-4,8H2,1-2H3. The maximum atomic E-state index is 10.2. The summed E-state index contributed by atoms with van der Waals surface area (Å²) in [5.74, 6) is 1.87. The van der Waals surface area contributed by atoms with Gasteiger partial charge in [0.25, 0.3) is 0 Å². The minimum absolute atomic E-state index is 0.310. The lowest BCUT2D eigenvalue weighted by molar-refractivity contribution is 0.105. The van der Waals surface area contributed by atoms with E-state index in [0.29, 0.717) is 23.3 Å². The molecule has 0 heterocycles. The number of ether oxygens (including phenoxy) is 1. The van der Waals surface area contributed by atoms with Crippen molar-refractivity contribution in [2.75, 3.05) is 7.11 Å². The zero-order valence-electron chi connectivity index (χ0n) is 10.3. The Morgan fingerprint density at radius 1 is 1.47 bits per heavy atom. The maximum absolute atomic E-state index is 10.2. The third kappa shape index (κ3) is 3.14. The van der Waals surface area contributed by atoms with Gasteiger partial charge in [-0.15, -0.1) is 0 Å². The molecule has 0 saturated heterocycles. The van der Waals surface area contributed by atoms with Gasteiger partial charge in [-0.1, -0.05) is 18.5 Å². The minimum atomic E-state index is -0.310. The first-order valence-electron chi connectivity index (χ1n) is 6.12. The number of aliphatic hydroxyl groups is 1. The Hall–Kier alpha value is -0.730. The fraction of sp³-hybridized carbons (Fsp3) is 0.571. The fourth-order valence-electron chi connectivity index (χ4n) is 2.25. The van der Waals surface area contributed by atoms with Crippen molar-refractivity contribution in [2.24, 2.45) is 11.8 Å². The van der Waals surface area contributed by atoms with Crippen molar-refractivity contribution in [1.29, 1.82) is 0 Å². The summed E-state index contributed by atoms with van der Waals surface area (Å²) in [6, 6.07) is 5.54. The van der Waals surface area contributed by atoms with Crippen LogP contribution in [0.25, 0.3) is 0 Å². The average Bonchev–Trinajstić information content (AvgIpc) is 3.12. The first-order chi connectivity index (χ1) is 8.11. The third-order valence-electron chi connectivity index (χ3n) is 3.64. The molecular formula is C14H19ClO2. The van der Waals surface area contributed by atoms with Crippen molar-refractivity contribution >= 4 is 11.6 Å². The van der Waals surface area contributed by atoms with Crippen molar-refractivity contribution in [3.8, 4) is 5.75 Å². The molecule has 0 spiro atoms. The van der Waals surface area contributed by atoms with Crippen molar-refractivity contribution in [2.45, 2.75) is 32.3 Å². The third-order valence-corrected chi connectivity index (χ3v) is 3.88. The summed E-state index contributed by atoms with van der Waals surface area (Å²) in [6.07, 6.45) is 2.81. The normalized spacial score (nSPS) is 18.8. The van der Waals surface area contributed by atoms with Gasteiger partial charge in [-0.25, -0.2) is 0 Å². The van der Waals surface area contributed by atoms with Crippen LogP contribution in [0.2, 0.25) is 5.02 Å². The van der Waals surface area contributed by atoms with Gasteiger partial charge in [0.2, 0.25) is 0 Å². The molecule has 0 bridgehead atoms. The highest BCUT2D eigenvalue weighted by Gasteiger charge is 2.32. The van der Waals surface area contributed by atoms with Crippen molar-refractivity contribution in [1.82, 2.24) is 0 Å². The number of hydrogen-bond donors (Lipinski definition) is 1. The zero-order chi connectivity index (χ0) is 12.4. The van der Waals surface area contributed by atoms with Gasteiger partial charge in [0.05, 0.1) is 13.2 Å². The van der Waals surface area contributed by atoms with Gasteiger partial charge >= 0.3 is 0 Å². The molecule has 1 fully saturated rings. The van der Waals surface area contributed by atoms with Crippen molar-refractivity contribution < 1.29 is 9.84 Å². The summed E-state index contributed by atoms with van der Waals surface area (Å²) in [5.41, 5.74) is 0.986. The van der Waals surface area contributed by atoms with Crippen LogP contribution in [0.5, 0.6) is 5.75 Å². The molecule has 1 aliphatic rings. The molecule has 2 rings (SSSR count). The van der Waals surface area contributed by atoms with Gasteiger partial charge in [0, 0.05) is 11.4 Å². The van der Waals surface area contributed by atoms with Gasteiger partial charge in [-0.05, 0) is 48.4 Å². The lowest BCUT2D eigenvalue weighted by Gasteiger charge is -2.19. The average molecular weight is 255 g/mol. The highest BCUT2D eigenvalue weighted by atomic mass is 35.5. The van der Waals surface area contributed by atoms with E-state index in [9.17, 15) is 5.11 Å². The van der Waals surface area contributed by atoms with Crippen LogP contribution in [-0.4, -0.2) is 18.3 Å². The van der Waals surface area contributed by atoms with Crippen LogP contribution >= 0.6 is 11.6 Å². The number of hydrogen-bond acceptors (Lipinski definition) is 2. The molecular weight excluding hydrogens is 236 g/mol. The molecule has 2 nitrogen and oxygen atoms in total. The van der Waals surface area contributed by atoms with E-state index in [0.717, 1.165) is 11.3 Å². The van der Waals surface area contributed by atoms with Gasteiger partial charge in [0.1, 0.15) is 5.75 Å². The Bertz CT molecular complexity index is 388. The number of benzene rings is 1. The Balaban J connectivity index is 2.08. The van der Waals surface area contributed by atoms with E-state index in [-0.39, 0.29) is 6.10 Å². The molecule has 0 aliphatic heterocycles. The second kappa shape index (κ2) is 5.28. The van der Waals surface area contributed by atoms with Crippen LogP contribution in [0, 0.1) is 11.8 Å². The summed E-state index contributed by atoms with van der Waals surface area (Å²) in [7, 11) is 1.64. The van der Waals surface area contributed by atoms with Crippen molar-refractivity contribution in [3.63, 3.8) is 0 Å². The highest BCUT2D eigenvalue weighted by Crippen LogP contribution is 2.39. The largest absolute Gasteiger partial charge is 0.496 e. The molecule has 1 N–H and O–H groups in total. The molecule has 17 heavy (non-hydrogen) atoms. The molecule has 2 unspecified atom stereocenters. The molecule has 2 atom stereocenters. The van der Waals surface area contributed by atoms with Gasteiger partial charge in [-0.2, -0.15) is 0 Å². The zero-order valence-corrected chi connectivity index (χ0v) is 11.1. The van der Waals surface area contributed by atoms with E-state index in [1.165, 1.54) is 12.8 Å². The highest BCUT2D eigenvalue weighted by molar-refractivity contribution is 6.30. The lowest BCUT2D eigenvalue weighted by Crippen LogP contribution is -2.22. The van der Waals surface area contributed by atoms with Gasteiger partial charge in [0.15, 0.2) is 0 Å². The molecule has 1 aliphatic carbocycles. The van der Waals surface area contributed by atoms with Crippen LogP contribution < -0.4 is 4.74 Å². The second-order valence-electron chi connectivity index (χ2n) is 4.92. The molecule has 1 saturated carbocycles. The molecule has 94 valence electrons. The molecule has 0 aromatic heterocycles. The smallest absolute Gasteiger partial charge is 0.122 e. The molecule has 1 aromatic carbocycles. The molecule has 0 amide bonds. The van der Waals surface area contributed by atoms with Crippen LogP contribution in [0.15, 0.2) is 18.2 Å². The number of rotatable bonds is 5. The van der Waals surface area contributed by atoms with E-state index in [4.69, 9.17) is 16.3 Å². The van der Waals surface area contributed by atoms with Crippen molar-refractivity contribution in [3.05, 3.63) is 28.8 Å². The number of aliphatic hydroxyl groups excluding tert-OH is 1. The summed E-state index contributed by atoms with van der Waals surface area (Å²) in [4.78, 5) is 0. The lowest BCUT2D eigenvalue weighted by atomic mass is 9.93. The predicted octanol–water partition coefficient (Wildman–Crippen LogP) is 3.30. The van der Waals surface area contributed by atoms with Crippen LogP contribution in [0.4, 0.5) is 0 Å². The van der Waals surface area contributed by atoms with Gasteiger partial charge < -0.3 is 9.84 Å². The monoisotopic (exact) mass is 254 g/mol. The molecule has 0 radical (unpaired) electrons. The maximum Gasteiger partial charge on any atom is 0.122 e. The first-order valence-corrected chi connectivity index (χ1v) is 6.50. The quantitative estimate of drug-likeness (QED) is 0.874. The van der Waals surface area contributed by atoms with Crippen LogP contribution in [-0.2, 0) is 6.42 Å². The summed E-state index contributed by atoms with van der Waals surface area (Å²) >= 11 is 5.97. The summed E-state index contributed by atoms with van der Waals surface area (Å²) in [6.45, 7) is 2.12. The topological polar surface area (TPSA) is 29.5 Å². The summed E-state index contributed by atoms with van der Waals surface area (Å²) < 4.78 is 5.29. The van der Waals surface area contributed by atoms with E-state index < -0.39 is 0 Å². The van der Waals surface area contributed by atoms with E-state index in [1.54, 1.807) is 13.2 Å². The SMILES string of the molecule is COc1ccc(Cl)cc1CC(O)C(C)C1CC1. The first kappa shape index (κ1) is 12.7. The molecule has 1 aromatic rings. The molecule has 3 heteroatoms. The van der Waals surface area contributed by atoms with Crippen LogP contribution in [0.1, 0.15) is 25.3 Å². The van der Waals surface area contributed by atoms with E-state index >= 15 is 0 Å². The Kier molecular flexibility index (Phi) is 3.95. The Labute approximate surface area is 108 Å². The number of methoxy groups -OCH3 is 1. The minimum Gasteiger partial charge on any atom is -0.496 e. The Morgan fingerprint density at radius 2 is 2.18 bits per heavy atom. The Morgan fingerprint density at radius 3 is 2.76 bits per heavy atom. The second-order valence-corrected chi connectivity index (χ2v) is 5.36. The fourth-order valence-corrected chi connectivity index (χ4v) is 2.45. The van der Waals surface area contributed by atoms with Crippen LogP contribution in [0.3, 0.4) is 0 Å². The van der Waals surface area contributed by atoms with Gasteiger partial charge in [-0.3, -0.25) is 0 Å². The van der Waals surface area contributed by atoms with E-state index in [2.05, 4.69) is 6.92 Å².